The minimum atomic E-state index is -1.67. The number of hydrogen-bond donors (Lipinski definition) is 0. The van der Waals surface area contributed by atoms with Crippen LogP contribution in [-0.4, -0.2) is 44.8 Å². The van der Waals surface area contributed by atoms with Crippen molar-refractivity contribution in [2.24, 2.45) is 0 Å². The summed E-state index contributed by atoms with van der Waals surface area (Å²) in [5.74, 6) is -3.26. The van der Waals surface area contributed by atoms with Gasteiger partial charge >= 0.3 is 17.5 Å². The largest absolute Gasteiger partial charge is 0.462 e. The zero-order valence-corrected chi connectivity index (χ0v) is 31.0. The molecule has 0 aromatic heterocycles. The van der Waals surface area contributed by atoms with Crippen molar-refractivity contribution in [3.63, 3.8) is 0 Å². The Kier molecular flexibility index (Phi) is 15.6. The van der Waals surface area contributed by atoms with Crippen molar-refractivity contribution in [2.75, 3.05) is 20.8 Å². The molecular formula is C47H46O10. The van der Waals surface area contributed by atoms with Gasteiger partial charge in [-0.2, -0.15) is 0 Å². The SMILES string of the molecule is C.CCOC(=O)c1ccc(OC(OC)(C(=O)c2ccccc2)c2ccccc2)cc1.COC(Oc1ccc(OC=O)cc1)(C(=O)c1ccccc1)c1ccccc1.[2HH]. The van der Waals surface area contributed by atoms with Crippen molar-refractivity contribution in [3.8, 4) is 17.2 Å². The predicted molar refractivity (Wildman–Crippen MR) is 217 cm³/mol. The third-order valence-electron chi connectivity index (χ3n) is 8.45. The van der Waals surface area contributed by atoms with Gasteiger partial charge in [0, 0.05) is 37.9 Å². The maximum absolute atomic E-state index is 13.4. The fraction of sp³-hybridized carbons (Fsp3) is 0.149. The summed E-state index contributed by atoms with van der Waals surface area (Å²) in [6.07, 6.45) is 0. The molecular weight excluding hydrogens is 725 g/mol. The lowest BCUT2D eigenvalue weighted by atomic mass is 9.95. The van der Waals surface area contributed by atoms with E-state index in [1.807, 2.05) is 48.5 Å². The van der Waals surface area contributed by atoms with Crippen LogP contribution in [-0.2, 0) is 30.6 Å². The second-order valence-electron chi connectivity index (χ2n) is 11.9. The van der Waals surface area contributed by atoms with Crippen LogP contribution in [0.25, 0.3) is 0 Å². The lowest BCUT2D eigenvalue weighted by molar-refractivity contribution is -0.134. The first-order chi connectivity index (χ1) is 27.3. The van der Waals surface area contributed by atoms with Crippen LogP contribution >= 0.6 is 0 Å². The van der Waals surface area contributed by atoms with Gasteiger partial charge in [0.25, 0.3) is 6.47 Å². The van der Waals surface area contributed by atoms with Gasteiger partial charge in [-0.15, -0.1) is 0 Å². The smallest absolute Gasteiger partial charge is 0.338 e. The summed E-state index contributed by atoms with van der Waals surface area (Å²) in [4.78, 5) is 49.1. The van der Waals surface area contributed by atoms with Crippen LogP contribution < -0.4 is 14.2 Å². The number of methoxy groups -OCH3 is 2. The Hall–Kier alpha value is -6.88. The molecule has 0 aliphatic carbocycles. The Morgan fingerprint density at radius 3 is 1.21 bits per heavy atom. The molecule has 10 heteroatoms. The van der Waals surface area contributed by atoms with Crippen molar-refractivity contribution in [1.82, 2.24) is 0 Å². The highest BCUT2D eigenvalue weighted by atomic mass is 16.7. The molecule has 0 amide bonds. The standard InChI is InChI=1S/C24H22O5.C22H18O5.CH4.H2/c1-3-28-23(26)19-14-16-21(17-15-19)29-24(27-2,20-12-8-5-9-13-20)22(25)18-10-6-4-7-11-18;1-25-22(18-10-6-3-7-11-18,21(24)17-8-4-2-5-9-17)27-20-14-12-19(13-15-20)26-16-23;;/h4-17H,3H2,1-2H3;2-16H,1H3;1H4;1H/i;;;1+1. The third kappa shape index (κ3) is 10.3. The summed E-state index contributed by atoms with van der Waals surface area (Å²) in [6.45, 7) is 2.39. The van der Waals surface area contributed by atoms with Crippen LogP contribution in [0.4, 0.5) is 0 Å². The Balaban J connectivity index is 0.000000301. The second kappa shape index (κ2) is 20.7. The minimum absolute atomic E-state index is 0. The number of Topliss-reactive ketones (excluding diaryl/α,β-unsaturated/α-hetero) is 2. The molecule has 10 nitrogen and oxygen atoms in total. The summed E-state index contributed by atoms with van der Waals surface area (Å²) >= 11 is 0. The molecule has 0 radical (unpaired) electrons. The number of hydrogen-bond acceptors (Lipinski definition) is 10. The highest BCUT2D eigenvalue weighted by Gasteiger charge is 2.45. The molecule has 2 atom stereocenters. The lowest BCUT2D eigenvalue weighted by Gasteiger charge is -2.32. The molecule has 0 spiro atoms. The van der Waals surface area contributed by atoms with Crippen molar-refractivity contribution >= 4 is 24.0 Å². The zero-order chi connectivity index (χ0) is 39.8. The summed E-state index contributed by atoms with van der Waals surface area (Å²) in [5, 5.41) is 0. The highest BCUT2D eigenvalue weighted by Crippen LogP contribution is 2.35. The molecule has 2 unspecified atom stereocenters. The maximum Gasteiger partial charge on any atom is 0.338 e. The van der Waals surface area contributed by atoms with Gasteiger partial charge in [0.2, 0.25) is 11.6 Å². The average Bonchev–Trinajstić information content (AvgIpc) is 3.27. The topological polar surface area (TPSA) is 124 Å². The molecule has 0 aliphatic rings. The quantitative estimate of drug-likeness (QED) is 0.0407. The molecule has 6 aromatic carbocycles. The van der Waals surface area contributed by atoms with Gasteiger partial charge < -0.3 is 28.4 Å². The maximum atomic E-state index is 13.4. The fourth-order valence-electron chi connectivity index (χ4n) is 5.70. The van der Waals surface area contributed by atoms with Gasteiger partial charge in [0.15, 0.2) is 0 Å². The number of ketones is 2. The van der Waals surface area contributed by atoms with E-state index in [9.17, 15) is 19.2 Å². The van der Waals surface area contributed by atoms with Gasteiger partial charge in [-0.1, -0.05) is 129 Å². The Morgan fingerprint density at radius 1 is 0.509 bits per heavy atom. The molecule has 0 bridgehead atoms. The van der Waals surface area contributed by atoms with E-state index in [4.69, 9.17) is 28.4 Å². The van der Waals surface area contributed by atoms with Crippen LogP contribution in [0.15, 0.2) is 170 Å². The number of rotatable bonds is 16. The number of ether oxygens (including phenoxy) is 6. The summed E-state index contributed by atoms with van der Waals surface area (Å²) in [6, 6.07) is 48.5. The van der Waals surface area contributed by atoms with Gasteiger partial charge in [-0.05, 0) is 55.5 Å². The normalized spacial score (nSPS) is 12.4. The van der Waals surface area contributed by atoms with Gasteiger partial charge in [-0.3, -0.25) is 14.4 Å². The Bertz CT molecular complexity index is 2170. The molecule has 0 N–H and O–H groups in total. The Morgan fingerprint density at radius 2 is 0.860 bits per heavy atom. The van der Waals surface area contributed by atoms with Crippen LogP contribution in [0.1, 0.15) is 58.0 Å². The van der Waals surface area contributed by atoms with Crippen LogP contribution in [0.2, 0.25) is 0 Å². The van der Waals surface area contributed by atoms with Gasteiger partial charge in [-0.25, -0.2) is 4.79 Å². The zero-order valence-electron chi connectivity index (χ0n) is 31.0. The van der Waals surface area contributed by atoms with E-state index >= 15 is 0 Å². The number of carbonyl (C=O) groups is 4. The van der Waals surface area contributed by atoms with Crippen molar-refractivity contribution in [1.29, 1.82) is 0 Å². The summed E-state index contributed by atoms with van der Waals surface area (Å²) in [7, 11) is 2.86. The molecule has 0 saturated carbocycles. The molecule has 0 saturated heterocycles. The molecule has 0 fully saturated rings. The molecule has 0 heterocycles. The van der Waals surface area contributed by atoms with Crippen LogP contribution in [0.3, 0.4) is 0 Å². The first-order valence-electron chi connectivity index (χ1n) is 17.6. The first-order valence-corrected chi connectivity index (χ1v) is 17.6. The van der Waals surface area contributed by atoms with Gasteiger partial charge in [0.1, 0.15) is 17.2 Å². The van der Waals surface area contributed by atoms with Crippen LogP contribution in [0, 0.1) is 0 Å². The number of esters is 1. The van der Waals surface area contributed by atoms with E-state index in [-0.39, 0.29) is 20.4 Å². The van der Waals surface area contributed by atoms with E-state index in [0.717, 1.165) is 0 Å². The van der Waals surface area contributed by atoms with Crippen molar-refractivity contribution in [2.45, 2.75) is 25.9 Å². The van der Waals surface area contributed by atoms with E-state index in [2.05, 4.69) is 0 Å². The first kappa shape index (κ1) is 42.9. The van der Waals surface area contributed by atoms with E-state index in [0.29, 0.717) is 58.1 Å². The van der Waals surface area contributed by atoms with Gasteiger partial charge in [0.05, 0.1) is 12.2 Å². The summed E-state index contributed by atoms with van der Waals surface area (Å²) in [5.41, 5.74) is 2.45. The molecule has 0 aliphatic heterocycles. The summed E-state index contributed by atoms with van der Waals surface area (Å²) < 4.78 is 33.3. The predicted octanol–water partition coefficient (Wildman–Crippen LogP) is 9.49. The van der Waals surface area contributed by atoms with E-state index in [1.165, 1.54) is 14.2 Å². The fourth-order valence-corrected chi connectivity index (χ4v) is 5.70. The second-order valence-corrected chi connectivity index (χ2v) is 11.9. The third-order valence-corrected chi connectivity index (χ3v) is 8.45. The van der Waals surface area contributed by atoms with E-state index in [1.54, 1.807) is 128 Å². The molecule has 57 heavy (non-hydrogen) atoms. The highest BCUT2D eigenvalue weighted by molar-refractivity contribution is 6.03. The van der Waals surface area contributed by atoms with Crippen molar-refractivity contribution in [3.05, 3.63) is 198 Å². The molecule has 6 rings (SSSR count). The Labute approximate surface area is 334 Å². The van der Waals surface area contributed by atoms with E-state index < -0.39 is 17.5 Å². The van der Waals surface area contributed by atoms with Crippen molar-refractivity contribution < 1.29 is 49.0 Å². The van der Waals surface area contributed by atoms with Crippen LogP contribution in [0.5, 0.6) is 17.2 Å². The average molecular weight is 772 g/mol. The number of carbonyl (C=O) groups excluding carboxylic acids is 4. The monoisotopic (exact) mass is 771 g/mol. The molecule has 6 aromatic rings. The number of benzene rings is 6. The minimum Gasteiger partial charge on any atom is -0.462 e. The lowest BCUT2D eigenvalue weighted by Crippen LogP contribution is -2.43. The molecule has 294 valence electrons.